The van der Waals surface area contributed by atoms with Crippen molar-refractivity contribution < 1.29 is 18.4 Å². The molecule has 2 fully saturated rings. The van der Waals surface area contributed by atoms with Crippen LogP contribution in [-0.2, 0) is 4.79 Å². The van der Waals surface area contributed by atoms with Crippen LogP contribution in [0.3, 0.4) is 0 Å². The summed E-state index contributed by atoms with van der Waals surface area (Å²) in [6.45, 7) is 2.76. The molecule has 11 heteroatoms. The summed E-state index contributed by atoms with van der Waals surface area (Å²) in [4.78, 5) is 29.0. The molecule has 0 aromatic carbocycles. The zero-order chi connectivity index (χ0) is 18.7. The quantitative estimate of drug-likeness (QED) is 0.804. The highest BCUT2D eigenvalue weighted by atomic mass is 19.3. The summed E-state index contributed by atoms with van der Waals surface area (Å²) in [7, 11) is 0. The van der Waals surface area contributed by atoms with Crippen LogP contribution < -0.4 is 15.5 Å². The Hall–Kier alpha value is -2.85. The molecule has 0 saturated carbocycles. The van der Waals surface area contributed by atoms with Crippen LogP contribution in [0.5, 0.6) is 0 Å². The summed E-state index contributed by atoms with van der Waals surface area (Å²) in [5.41, 5.74) is -0.114. The second kappa shape index (κ2) is 5.32. The number of carbonyl (C=O) groups is 2. The van der Waals surface area contributed by atoms with Gasteiger partial charge in [0, 0.05) is 18.5 Å². The molecule has 9 nitrogen and oxygen atoms in total. The Morgan fingerprint density at radius 3 is 2.69 bits per heavy atom. The minimum absolute atomic E-state index is 0.0684. The van der Waals surface area contributed by atoms with E-state index >= 15 is 0 Å². The van der Waals surface area contributed by atoms with Crippen LogP contribution in [-0.4, -0.2) is 57.3 Å². The van der Waals surface area contributed by atoms with Gasteiger partial charge in [0.15, 0.2) is 5.65 Å². The fourth-order valence-corrected chi connectivity index (χ4v) is 3.27. The second-order valence-electron chi connectivity index (χ2n) is 7.22. The Morgan fingerprint density at radius 1 is 1.27 bits per heavy atom. The molecule has 2 aliphatic heterocycles. The third-order valence-electron chi connectivity index (χ3n) is 4.94. The summed E-state index contributed by atoms with van der Waals surface area (Å²) in [5.74, 6) is -4.11. The Morgan fingerprint density at radius 2 is 2.04 bits per heavy atom. The first kappa shape index (κ1) is 16.6. The molecular formula is C15H17F2N7O2. The van der Waals surface area contributed by atoms with E-state index in [0.29, 0.717) is 17.0 Å². The molecule has 2 aromatic rings. The van der Waals surface area contributed by atoms with Crippen molar-refractivity contribution in [2.24, 2.45) is 5.41 Å². The Bertz CT molecular complexity index is 895. The zero-order valence-electron chi connectivity index (χ0n) is 14.2. The molecule has 0 aliphatic carbocycles. The van der Waals surface area contributed by atoms with E-state index in [9.17, 15) is 18.4 Å². The summed E-state index contributed by atoms with van der Waals surface area (Å²) in [6.07, 6.45) is 1.28. The van der Waals surface area contributed by atoms with Gasteiger partial charge in [0.1, 0.15) is 6.33 Å². The molecule has 1 atom stereocenters. The predicted molar refractivity (Wildman–Crippen MR) is 86.0 cm³/mol. The van der Waals surface area contributed by atoms with Crippen LogP contribution in [0.2, 0.25) is 0 Å². The third-order valence-corrected chi connectivity index (χ3v) is 4.94. The first-order chi connectivity index (χ1) is 12.2. The number of aromatic nitrogens is 4. The molecule has 2 aromatic heterocycles. The van der Waals surface area contributed by atoms with Crippen LogP contribution in [0.25, 0.3) is 5.65 Å². The zero-order valence-corrected chi connectivity index (χ0v) is 14.2. The number of hydrogen-bond acceptors (Lipinski definition) is 6. The van der Waals surface area contributed by atoms with Gasteiger partial charge in [0.25, 0.3) is 5.92 Å². The summed E-state index contributed by atoms with van der Waals surface area (Å²) in [6, 6.07) is 0.998. The van der Waals surface area contributed by atoms with Crippen molar-refractivity contribution in [3.8, 4) is 0 Å². The molecule has 4 heterocycles. The maximum atomic E-state index is 14.3. The summed E-state index contributed by atoms with van der Waals surface area (Å²) in [5, 5.41) is 12.9. The number of rotatable bonds is 2. The Kier molecular flexibility index (Phi) is 3.40. The van der Waals surface area contributed by atoms with E-state index in [1.165, 1.54) is 29.7 Å². The molecule has 2 saturated heterocycles. The van der Waals surface area contributed by atoms with Gasteiger partial charge in [-0.05, 0) is 6.07 Å². The van der Waals surface area contributed by atoms with Crippen molar-refractivity contribution in [1.29, 1.82) is 0 Å². The number of hydrogen-bond donors (Lipinski definition) is 2. The van der Waals surface area contributed by atoms with Crippen molar-refractivity contribution in [2.75, 3.05) is 24.5 Å². The molecule has 2 N–H and O–H groups in total. The Labute approximate surface area is 146 Å². The molecule has 26 heavy (non-hydrogen) atoms. The van der Waals surface area contributed by atoms with Crippen molar-refractivity contribution in [1.82, 2.24) is 30.4 Å². The largest absolute Gasteiger partial charge is 0.362 e. The highest BCUT2D eigenvalue weighted by Crippen LogP contribution is 2.45. The number of imide groups is 1. The first-order valence-corrected chi connectivity index (χ1v) is 8.10. The highest BCUT2D eigenvalue weighted by molar-refractivity contribution is 6.00. The van der Waals surface area contributed by atoms with Crippen molar-refractivity contribution in [3.05, 3.63) is 18.1 Å². The SMILES string of the molecule is CC1(C)CN(c2cc(C3CNC(=O)NC3=O)nn3ncnc23)CC1(F)F. The topological polar surface area (TPSA) is 105 Å². The van der Waals surface area contributed by atoms with Gasteiger partial charge in [0.05, 0.1) is 23.8 Å². The van der Waals surface area contributed by atoms with E-state index < -0.39 is 35.7 Å². The lowest BCUT2D eigenvalue weighted by Crippen LogP contribution is -2.51. The number of carbonyl (C=O) groups excluding carboxylic acids is 2. The van der Waals surface area contributed by atoms with Crippen molar-refractivity contribution in [3.63, 3.8) is 0 Å². The molecule has 3 amide bonds. The molecule has 1 unspecified atom stereocenters. The van der Waals surface area contributed by atoms with Crippen LogP contribution in [0, 0.1) is 5.41 Å². The number of anilines is 1. The van der Waals surface area contributed by atoms with Gasteiger partial charge in [-0.25, -0.2) is 18.6 Å². The van der Waals surface area contributed by atoms with E-state index in [4.69, 9.17) is 0 Å². The standard InChI is InChI=1S/C15H17F2N7O2/c1-14(2)5-23(6-15(14,16)17)10-3-9(22-24-11(10)19-7-20-24)8-4-18-13(26)21-12(8)25/h3,7-8H,4-6H2,1-2H3,(H2,18,21,25,26). The lowest BCUT2D eigenvalue weighted by atomic mass is 9.89. The van der Waals surface area contributed by atoms with Crippen molar-refractivity contribution in [2.45, 2.75) is 25.7 Å². The number of halogens is 2. The second-order valence-corrected chi connectivity index (χ2v) is 7.22. The van der Waals surface area contributed by atoms with Crippen molar-refractivity contribution >= 4 is 23.3 Å². The van der Waals surface area contributed by atoms with Gasteiger partial charge in [-0.15, -0.1) is 9.73 Å². The maximum Gasteiger partial charge on any atom is 0.321 e. The van der Waals surface area contributed by atoms with Crippen LogP contribution in [0.15, 0.2) is 12.4 Å². The molecular weight excluding hydrogens is 348 g/mol. The average molecular weight is 365 g/mol. The van der Waals surface area contributed by atoms with Gasteiger partial charge in [0.2, 0.25) is 5.91 Å². The third kappa shape index (κ3) is 2.45. The fourth-order valence-electron chi connectivity index (χ4n) is 3.27. The lowest BCUT2D eigenvalue weighted by Gasteiger charge is -2.24. The van der Waals surface area contributed by atoms with E-state index in [2.05, 4.69) is 25.8 Å². The van der Waals surface area contributed by atoms with Gasteiger partial charge in [-0.3, -0.25) is 10.1 Å². The molecule has 0 spiro atoms. The van der Waals surface area contributed by atoms with Gasteiger partial charge in [-0.2, -0.15) is 5.10 Å². The fraction of sp³-hybridized carbons (Fsp3) is 0.533. The summed E-state index contributed by atoms with van der Waals surface area (Å²) >= 11 is 0. The lowest BCUT2D eigenvalue weighted by molar-refractivity contribution is -0.122. The number of nitrogens with zero attached hydrogens (tertiary/aromatic N) is 5. The molecule has 4 rings (SSSR count). The smallest absolute Gasteiger partial charge is 0.321 e. The molecule has 0 radical (unpaired) electrons. The molecule has 2 aliphatic rings. The Balaban J connectivity index is 1.77. The van der Waals surface area contributed by atoms with E-state index in [0.717, 1.165) is 0 Å². The van der Waals surface area contributed by atoms with Crippen LogP contribution >= 0.6 is 0 Å². The normalized spacial score (nSPS) is 24.6. The number of nitrogens with one attached hydrogen (secondary N) is 2. The minimum atomic E-state index is -2.87. The van der Waals surface area contributed by atoms with Gasteiger partial charge < -0.3 is 10.2 Å². The minimum Gasteiger partial charge on any atom is -0.362 e. The molecule has 0 bridgehead atoms. The van der Waals surface area contributed by atoms with Gasteiger partial charge >= 0.3 is 6.03 Å². The maximum absolute atomic E-state index is 14.3. The van der Waals surface area contributed by atoms with Crippen LogP contribution in [0.4, 0.5) is 19.3 Å². The van der Waals surface area contributed by atoms with Gasteiger partial charge in [-0.1, -0.05) is 13.8 Å². The summed E-state index contributed by atoms with van der Waals surface area (Å²) < 4.78 is 29.9. The number of urea groups is 1. The highest BCUT2D eigenvalue weighted by Gasteiger charge is 2.54. The van der Waals surface area contributed by atoms with E-state index in [1.807, 2.05) is 0 Å². The molecule has 138 valence electrons. The van der Waals surface area contributed by atoms with Crippen LogP contribution in [0.1, 0.15) is 25.5 Å². The predicted octanol–water partition coefficient (Wildman–Crippen LogP) is 0.529. The monoisotopic (exact) mass is 365 g/mol. The number of amides is 3. The average Bonchev–Trinajstić information content (AvgIpc) is 3.08. The number of alkyl halides is 2. The number of fused-ring (bicyclic) bond motifs is 1. The van der Waals surface area contributed by atoms with E-state index in [-0.39, 0.29) is 13.1 Å². The van der Waals surface area contributed by atoms with E-state index in [1.54, 1.807) is 6.07 Å². The first-order valence-electron chi connectivity index (χ1n) is 8.10.